The van der Waals surface area contributed by atoms with Gasteiger partial charge < -0.3 is 14.4 Å². The molecule has 30 heavy (non-hydrogen) atoms. The van der Waals surface area contributed by atoms with Crippen LogP contribution in [0.5, 0.6) is 5.75 Å². The Morgan fingerprint density at radius 2 is 1.83 bits per heavy atom. The van der Waals surface area contributed by atoms with Crippen molar-refractivity contribution in [3.05, 3.63) is 65.9 Å². The molecule has 1 aliphatic rings. The number of hydrogen-bond acceptors (Lipinski definition) is 6. The van der Waals surface area contributed by atoms with Crippen molar-refractivity contribution in [3.8, 4) is 5.75 Å². The van der Waals surface area contributed by atoms with E-state index in [1.54, 1.807) is 13.3 Å². The zero-order chi connectivity index (χ0) is 20.9. The second-order valence-corrected chi connectivity index (χ2v) is 7.37. The highest BCUT2D eigenvalue weighted by Gasteiger charge is 2.25. The fourth-order valence-electron chi connectivity index (χ4n) is 3.96. The zero-order valence-corrected chi connectivity index (χ0v) is 17.5. The lowest BCUT2D eigenvalue weighted by molar-refractivity contribution is 0.0526. The van der Waals surface area contributed by atoms with Crippen molar-refractivity contribution in [3.63, 3.8) is 0 Å². The SMILES string of the molecule is CCOC(=O)c1cnc2cc(OC)ccc2c1N1CCN(Cc2ccccc2)CC1. The lowest BCUT2D eigenvalue weighted by atomic mass is 10.1. The van der Waals surface area contributed by atoms with E-state index in [-0.39, 0.29) is 5.97 Å². The maximum absolute atomic E-state index is 12.7. The predicted molar refractivity (Wildman–Crippen MR) is 118 cm³/mol. The minimum atomic E-state index is -0.329. The number of carbonyl (C=O) groups is 1. The third-order valence-corrected chi connectivity index (χ3v) is 5.48. The number of aromatic nitrogens is 1. The highest BCUT2D eigenvalue weighted by molar-refractivity contribution is 6.05. The van der Waals surface area contributed by atoms with Crippen molar-refractivity contribution in [2.45, 2.75) is 13.5 Å². The van der Waals surface area contributed by atoms with Crippen LogP contribution in [-0.2, 0) is 11.3 Å². The van der Waals surface area contributed by atoms with Crippen LogP contribution in [0.15, 0.2) is 54.7 Å². The van der Waals surface area contributed by atoms with Gasteiger partial charge >= 0.3 is 5.97 Å². The third-order valence-electron chi connectivity index (χ3n) is 5.48. The first-order chi connectivity index (χ1) is 14.7. The van der Waals surface area contributed by atoms with E-state index < -0.39 is 0 Å². The van der Waals surface area contributed by atoms with Crippen LogP contribution in [0.4, 0.5) is 5.69 Å². The average molecular weight is 405 g/mol. The summed E-state index contributed by atoms with van der Waals surface area (Å²) in [5.41, 5.74) is 3.55. The van der Waals surface area contributed by atoms with E-state index in [2.05, 4.69) is 39.0 Å². The molecule has 0 atom stereocenters. The summed E-state index contributed by atoms with van der Waals surface area (Å²) in [6, 6.07) is 16.3. The van der Waals surface area contributed by atoms with Crippen LogP contribution in [0.1, 0.15) is 22.8 Å². The minimum absolute atomic E-state index is 0.329. The number of carbonyl (C=O) groups excluding carboxylic acids is 1. The van der Waals surface area contributed by atoms with Gasteiger partial charge in [-0.05, 0) is 24.6 Å². The molecule has 4 rings (SSSR count). The molecule has 0 bridgehead atoms. The van der Waals surface area contributed by atoms with E-state index in [4.69, 9.17) is 9.47 Å². The van der Waals surface area contributed by atoms with Crippen LogP contribution in [-0.4, -0.2) is 55.7 Å². The quantitative estimate of drug-likeness (QED) is 0.583. The number of esters is 1. The van der Waals surface area contributed by atoms with E-state index in [0.717, 1.165) is 55.1 Å². The molecule has 0 saturated carbocycles. The summed E-state index contributed by atoms with van der Waals surface area (Å²) in [5.74, 6) is 0.418. The molecule has 0 N–H and O–H groups in total. The Balaban J connectivity index is 1.61. The molecule has 156 valence electrons. The molecule has 1 aromatic heterocycles. The molecule has 0 unspecified atom stereocenters. The average Bonchev–Trinajstić information content (AvgIpc) is 2.79. The maximum Gasteiger partial charge on any atom is 0.341 e. The summed E-state index contributed by atoms with van der Waals surface area (Å²) < 4.78 is 10.7. The standard InChI is InChI=1S/C24H27N3O3/c1-3-30-24(28)21-16-25-22-15-19(29-2)9-10-20(22)23(21)27-13-11-26(12-14-27)17-18-7-5-4-6-8-18/h4-10,15-16H,3,11-14,17H2,1-2H3. The Morgan fingerprint density at radius 1 is 1.07 bits per heavy atom. The first-order valence-corrected chi connectivity index (χ1v) is 10.3. The summed E-state index contributed by atoms with van der Waals surface area (Å²) in [4.78, 5) is 21.9. The predicted octanol–water partition coefficient (Wildman–Crippen LogP) is 3.74. The first kappa shape index (κ1) is 20.2. The number of piperazine rings is 1. The smallest absolute Gasteiger partial charge is 0.341 e. The van der Waals surface area contributed by atoms with Gasteiger partial charge in [0.2, 0.25) is 0 Å². The highest BCUT2D eigenvalue weighted by Crippen LogP contribution is 2.33. The van der Waals surface area contributed by atoms with Crippen molar-refractivity contribution >= 4 is 22.6 Å². The molecular formula is C24H27N3O3. The molecule has 2 aromatic carbocycles. The molecule has 0 aliphatic carbocycles. The van der Waals surface area contributed by atoms with Gasteiger partial charge in [0.1, 0.15) is 11.3 Å². The number of ether oxygens (including phenoxy) is 2. The monoisotopic (exact) mass is 405 g/mol. The van der Waals surface area contributed by atoms with E-state index in [1.165, 1.54) is 5.56 Å². The third kappa shape index (κ3) is 4.24. The van der Waals surface area contributed by atoms with E-state index in [9.17, 15) is 4.79 Å². The van der Waals surface area contributed by atoms with Crippen LogP contribution in [0, 0.1) is 0 Å². The number of rotatable bonds is 6. The molecule has 1 saturated heterocycles. The zero-order valence-electron chi connectivity index (χ0n) is 17.5. The molecule has 0 spiro atoms. The lowest BCUT2D eigenvalue weighted by Crippen LogP contribution is -2.46. The van der Waals surface area contributed by atoms with E-state index >= 15 is 0 Å². The number of pyridine rings is 1. The number of benzene rings is 2. The maximum atomic E-state index is 12.7. The van der Waals surface area contributed by atoms with Gasteiger partial charge in [-0.1, -0.05) is 30.3 Å². The molecule has 6 nitrogen and oxygen atoms in total. The Kier molecular flexibility index (Phi) is 6.14. The van der Waals surface area contributed by atoms with Crippen molar-refractivity contribution < 1.29 is 14.3 Å². The van der Waals surface area contributed by atoms with Gasteiger partial charge in [-0.25, -0.2) is 4.79 Å². The van der Waals surface area contributed by atoms with Crippen molar-refractivity contribution in [1.29, 1.82) is 0 Å². The van der Waals surface area contributed by atoms with Crippen molar-refractivity contribution in [1.82, 2.24) is 9.88 Å². The molecule has 0 amide bonds. The molecule has 1 fully saturated rings. The summed E-state index contributed by atoms with van der Waals surface area (Å²) in [5, 5.41) is 0.942. The van der Waals surface area contributed by atoms with Crippen LogP contribution in [0.2, 0.25) is 0 Å². The van der Waals surface area contributed by atoms with E-state index in [1.807, 2.05) is 31.2 Å². The number of fused-ring (bicyclic) bond motifs is 1. The summed E-state index contributed by atoms with van der Waals surface area (Å²) >= 11 is 0. The molecule has 0 radical (unpaired) electrons. The Morgan fingerprint density at radius 3 is 2.53 bits per heavy atom. The normalized spacial score (nSPS) is 14.7. The van der Waals surface area contributed by atoms with Crippen LogP contribution >= 0.6 is 0 Å². The Labute approximate surface area is 177 Å². The van der Waals surface area contributed by atoms with Crippen LogP contribution in [0.25, 0.3) is 10.9 Å². The lowest BCUT2D eigenvalue weighted by Gasteiger charge is -2.37. The number of hydrogen-bond donors (Lipinski definition) is 0. The second kappa shape index (κ2) is 9.13. The van der Waals surface area contributed by atoms with Crippen molar-refractivity contribution in [2.75, 3.05) is 44.8 Å². The highest BCUT2D eigenvalue weighted by atomic mass is 16.5. The largest absolute Gasteiger partial charge is 0.497 e. The molecular weight excluding hydrogens is 378 g/mol. The molecule has 3 aromatic rings. The summed E-state index contributed by atoms with van der Waals surface area (Å²) in [7, 11) is 1.64. The number of nitrogens with zero attached hydrogens (tertiary/aromatic N) is 3. The Hall–Kier alpha value is -3.12. The summed E-state index contributed by atoms with van der Waals surface area (Å²) in [6.45, 7) is 6.62. The van der Waals surface area contributed by atoms with E-state index in [0.29, 0.717) is 12.2 Å². The van der Waals surface area contributed by atoms with Crippen LogP contribution < -0.4 is 9.64 Å². The van der Waals surface area contributed by atoms with Gasteiger partial charge in [0.15, 0.2) is 0 Å². The molecule has 6 heteroatoms. The number of anilines is 1. The Bertz CT molecular complexity index is 1010. The summed E-state index contributed by atoms with van der Waals surface area (Å²) in [6.07, 6.45) is 1.63. The van der Waals surface area contributed by atoms with Crippen LogP contribution in [0.3, 0.4) is 0 Å². The van der Waals surface area contributed by atoms with Gasteiger partial charge in [-0.3, -0.25) is 9.88 Å². The fourth-order valence-corrected chi connectivity index (χ4v) is 3.96. The van der Waals surface area contributed by atoms with Crippen molar-refractivity contribution in [2.24, 2.45) is 0 Å². The van der Waals surface area contributed by atoms with Gasteiger partial charge in [-0.2, -0.15) is 0 Å². The second-order valence-electron chi connectivity index (χ2n) is 7.37. The number of methoxy groups -OCH3 is 1. The van der Waals surface area contributed by atoms with Gasteiger partial charge in [0.25, 0.3) is 0 Å². The molecule has 2 heterocycles. The van der Waals surface area contributed by atoms with Gasteiger partial charge in [0.05, 0.1) is 24.9 Å². The minimum Gasteiger partial charge on any atom is -0.497 e. The topological polar surface area (TPSA) is 54.9 Å². The van der Waals surface area contributed by atoms with Gasteiger partial charge in [-0.15, -0.1) is 0 Å². The van der Waals surface area contributed by atoms with Gasteiger partial charge in [0, 0.05) is 50.4 Å². The molecule has 1 aliphatic heterocycles. The fraction of sp³-hybridized carbons (Fsp3) is 0.333. The first-order valence-electron chi connectivity index (χ1n) is 10.3.